The van der Waals surface area contributed by atoms with Gasteiger partial charge in [-0.1, -0.05) is 5.21 Å². The molecule has 0 aliphatic heterocycles. The van der Waals surface area contributed by atoms with Gasteiger partial charge in [0.1, 0.15) is 11.5 Å². The molecule has 0 radical (unpaired) electrons. The average molecular weight is 248 g/mol. The predicted octanol–water partition coefficient (Wildman–Crippen LogP) is 0.880. The van der Waals surface area contributed by atoms with Crippen molar-refractivity contribution in [2.75, 3.05) is 14.2 Å². The zero-order valence-corrected chi connectivity index (χ0v) is 10.6. The van der Waals surface area contributed by atoms with E-state index in [4.69, 9.17) is 15.2 Å². The van der Waals surface area contributed by atoms with E-state index in [9.17, 15) is 0 Å². The second-order valence-corrected chi connectivity index (χ2v) is 3.91. The number of hydrogen-bond donors (Lipinski definition) is 1. The van der Waals surface area contributed by atoms with Gasteiger partial charge in [0, 0.05) is 13.1 Å². The monoisotopic (exact) mass is 248 g/mol. The average Bonchev–Trinajstić information content (AvgIpc) is 2.83. The third kappa shape index (κ3) is 2.28. The summed E-state index contributed by atoms with van der Waals surface area (Å²) in [4.78, 5) is 0. The highest BCUT2D eigenvalue weighted by Crippen LogP contribution is 2.28. The SMILES string of the molecule is COc1cc(OC)cc(C(N)c2cnnn2C)c1. The zero-order valence-electron chi connectivity index (χ0n) is 10.6. The summed E-state index contributed by atoms with van der Waals surface area (Å²) in [5.41, 5.74) is 7.91. The molecule has 0 fully saturated rings. The fourth-order valence-corrected chi connectivity index (χ4v) is 1.76. The van der Waals surface area contributed by atoms with Crippen molar-refractivity contribution >= 4 is 0 Å². The molecule has 1 atom stereocenters. The Balaban J connectivity index is 2.41. The summed E-state index contributed by atoms with van der Waals surface area (Å²) in [5.74, 6) is 1.41. The molecule has 2 N–H and O–H groups in total. The van der Waals surface area contributed by atoms with Gasteiger partial charge in [0.05, 0.1) is 32.2 Å². The van der Waals surface area contributed by atoms with E-state index in [1.807, 2.05) is 12.1 Å². The van der Waals surface area contributed by atoms with Gasteiger partial charge in [-0.25, -0.2) is 0 Å². The molecule has 1 heterocycles. The van der Waals surface area contributed by atoms with Crippen molar-refractivity contribution in [1.29, 1.82) is 0 Å². The molecule has 2 rings (SSSR count). The first-order chi connectivity index (χ1) is 8.65. The van der Waals surface area contributed by atoms with E-state index in [0.717, 1.165) is 11.3 Å². The van der Waals surface area contributed by atoms with Crippen LogP contribution in [0.15, 0.2) is 24.4 Å². The van der Waals surface area contributed by atoms with Crippen LogP contribution in [0.3, 0.4) is 0 Å². The van der Waals surface area contributed by atoms with Crippen molar-refractivity contribution in [3.63, 3.8) is 0 Å². The number of hydrogen-bond acceptors (Lipinski definition) is 5. The Morgan fingerprint density at radius 3 is 2.22 bits per heavy atom. The Bertz CT molecular complexity index is 516. The van der Waals surface area contributed by atoms with Crippen LogP contribution >= 0.6 is 0 Å². The molecule has 6 heteroatoms. The maximum atomic E-state index is 6.20. The van der Waals surface area contributed by atoms with Crippen molar-refractivity contribution < 1.29 is 9.47 Å². The van der Waals surface area contributed by atoms with Crippen LogP contribution in [-0.2, 0) is 7.05 Å². The first-order valence-electron chi connectivity index (χ1n) is 5.49. The summed E-state index contributed by atoms with van der Waals surface area (Å²) >= 11 is 0. The highest BCUT2D eigenvalue weighted by molar-refractivity contribution is 5.41. The lowest BCUT2D eigenvalue weighted by molar-refractivity contribution is 0.393. The normalized spacial score (nSPS) is 12.2. The van der Waals surface area contributed by atoms with Gasteiger partial charge in [0.25, 0.3) is 0 Å². The minimum atomic E-state index is -0.325. The summed E-state index contributed by atoms with van der Waals surface area (Å²) in [6.45, 7) is 0. The Morgan fingerprint density at radius 2 is 1.78 bits per heavy atom. The second-order valence-electron chi connectivity index (χ2n) is 3.91. The maximum absolute atomic E-state index is 6.20. The molecule has 1 aromatic heterocycles. The fourth-order valence-electron chi connectivity index (χ4n) is 1.76. The Hall–Kier alpha value is -2.08. The van der Waals surface area contributed by atoms with E-state index in [0.29, 0.717) is 11.5 Å². The molecule has 0 aliphatic carbocycles. The predicted molar refractivity (Wildman–Crippen MR) is 66.6 cm³/mol. The minimum absolute atomic E-state index is 0.325. The lowest BCUT2D eigenvalue weighted by Crippen LogP contribution is -2.16. The van der Waals surface area contributed by atoms with Crippen LogP contribution in [0.1, 0.15) is 17.3 Å². The number of aryl methyl sites for hydroxylation is 1. The summed E-state index contributed by atoms with van der Waals surface area (Å²) in [6.07, 6.45) is 1.65. The van der Waals surface area contributed by atoms with Crippen molar-refractivity contribution in [2.45, 2.75) is 6.04 Å². The molecule has 0 saturated carbocycles. The molecule has 0 bridgehead atoms. The Morgan fingerprint density at radius 1 is 1.17 bits per heavy atom. The molecular formula is C12H16N4O2. The molecule has 96 valence electrons. The van der Waals surface area contributed by atoms with Gasteiger partial charge in [-0.3, -0.25) is 4.68 Å². The molecule has 1 unspecified atom stereocenters. The van der Waals surface area contributed by atoms with Gasteiger partial charge in [-0.2, -0.15) is 0 Å². The van der Waals surface area contributed by atoms with E-state index in [1.54, 1.807) is 38.2 Å². The molecule has 0 spiro atoms. The van der Waals surface area contributed by atoms with Crippen LogP contribution < -0.4 is 15.2 Å². The standard InChI is InChI=1S/C12H16N4O2/c1-16-11(7-14-15-16)12(13)8-4-9(17-2)6-10(5-8)18-3/h4-7,12H,13H2,1-3H3. The summed E-state index contributed by atoms with van der Waals surface area (Å²) in [7, 11) is 5.02. The van der Waals surface area contributed by atoms with Crippen molar-refractivity contribution in [3.8, 4) is 11.5 Å². The van der Waals surface area contributed by atoms with Crippen LogP contribution in [0.25, 0.3) is 0 Å². The number of aromatic nitrogens is 3. The highest BCUT2D eigenvalue weighted by Gasteiger charge is 2.15. The van der Waals surface area contributed by atoms with E-state index in [1.165, 1.54) is 0 Å². The lowest BCUT2D eigenvalue weighted by atomic mass is 10.0. The van der Waals surface area contributed by atoms with Gasteiger partial charge < -0.3 is 15.2 Å². The first-order valence-corrected chi connectivity index (χ1v) is 5.49. The smallest absolute Gasteiger partial charge is 0.122 e. The fraction of sp³-hybridized carbons (Fsp3) is 0.333. The number of methoxy groups -OCH3 is 2. The molecule has 0 aliphatic rings. The largest absolute Gasteiger partial charge is 0.497 e. The van der Waals surface area contributed by atoms with Crippen molar-refractivity contribution in [2.24, 2.45) is 12.8 Å². The molecular weight excluding hydrogens is 232 g/mol. The molecule has 2 aromatic rings. The Kier molecular flexibility index (Phi) is 3.47. The number of nitrogens with two attached hydrogens (primary N) is 1. The van der Waals surface area contributed by atoms with Crippen LogP contribution in [-0.4, -0.2) is 29.2 Å². The van der Waals surface area contributed by atoms with Crippen LogP contribution in [0.4, 0.5) is 0 Å². The molecule has 1 aromatic carbocycles. The quantitative estimate of drug-likeness (QED) is 0.869. The maximum Gasteiger partial charge on any atom is 0.122 e. The number of ether oxygens (including phenoxy) is 2. The third-order valence-electron chi connectivity index (χ3n) is 2.80. The summed E-state index contributed by atoms with van der Waals surface area (Å²) < 4.78 is 12.1. The van der Waals surface area contributed by atoms with Crippen molar-refractivity contribution in [1.82, 2.24) is 15.0 Å². The molecule has 0 saturated heterocycles. The number of rotatable bonds is 4. The van der Waals surface area contributed by atoms with Gasteiger partial charge >= 0.3 is 0 Å². The number of benzene rings is 1. The molecule has 18 heavy (non-hydrogen) atoms. The van der Waals surface area contributed by atoms with Gasteiger partial charge in [-0.05, 0) is 17.7 Å². The molecule has 0 amide bonds. The minimum Gasteiger partial charge on any atom is -0.497 e. The number of nitrogens with zero attached hydrogens (tertiary/aromatic N) is 3. The topological polar surface area (TPSA) is 75.2 Å². The summed E-state index contributed by atoms with van der Waals surface area (Å²) in [6, 6.07) is 5.23. The molecule has 6 nitrogen and oxygen atoms in total. The third-order valence-corrected chi connectivity index (χ3v) is 2.80. The first kappa shape index (κ1) is 12.4. The van der Waals surface area contributed by atoms with Gasteiger partial charge in [-0.15, -0.1) is 5.10 Å². The van der Waals surface area contributed by atoms with Crippen molar-refractivity contribution in [3.05, 3.63) is 35.7 Å². The van der Waals surface area contributed by atoms with E-state index < -0.39 is 0 Å². The van der Waals surface area contributed by atoms with Gasteiger partial charge in [0.15, 0.2) is 0 Å². The lowest BCUT2D eigenvalue weighted by Gasteiger charge is -2.14. The second kappa shape index (κ2) is 5.05. The zero-order chi connectivity index (χ0) is 13.1. The van der Waals surface area contributed by atoms with E-state index >= 15 is 0 Å². The highest BCUT2D eigenvalue weighted by atomic mass is 16.5. The van der Waals surface area contributed by atoms with E-state index in [2.05, 4.69) is 10.3 Å². The van der Waals surface area contributed by atoms with E-state index in [-0.39, 0.29) is 6.04 Å². The van der Waals surface area contributed by atoms with Gasteiger partial charge in [0.2, 0.25) is 0 Å². The van der Waals surface area contributed by atoms with Crippen LogP contribution in [0.5, 0.6) is 11.5 Å². The summed E-state index contributed by atoms with van der Waals surface area (Å²) in [5, 5.41) is 7.70. The van der Waals surface area contributed by atoms with Crippen LogP contribution in [0.2, 0.25) is 0 Å². The Labute approximate surface area is 105 Å². The van der Waals surface area contributed by atoms with Crippen LogP contribution in [0, 0.1) is 0 Å².